The highest BCUT2D eigenvalue weighted by molar-refractivity contribution is 8.00. The summed E-state index contributed by atoms with van der Waals surface area (Å²) in [6.07, 6.45) is -5.27. The van der Waals surface area contributed by atoms with E-state index in [0.29, 0.717) is 6.07 Å². The maximum absolute atomic E-state index is 12.7. The summed E-state index contributed by atoms with van der Waals surface area (Å²) in [5.41, 5.74) is -5.81. The van der Waals surface area contributed by atoms with Crippen molar-refractivity contribution in [3.63, 3.8) is 0 Å². The Morgan fingerprint density at radius 1 is 1.16 bits per heavy atom. The van der Waals surface area contributed by atoms with Crippen LogP contribution in [-0.2, 0) is 21.8 Å². The first-order chi connectivity index (χ1) is 11.2. The first-order valence-corrected chi connectivity index (χ1v) is 9.34. The lowest BCUT2D eigenvalue weighted by molar-refractivity contribution is -0.137. The summed E-state index contributed by atoms with van der Waals surface area (Å²) in [6.45, 7) is 0.965. The summed E-state index contributed by atoms with van der Waals surface area (Å²) in [5, 5.41) is 9.11. The third-order valence-corrected chi connectivity index (χ3v) is 6.50. The third kappa shape index (κ3) is 6.11. The highest BCUT2D eigenvalue weighted by atomic mass is 32.2. The molecule has 1 atom stereocenters. The van der Waals surface area contributed by atoms with E-state index in [9.17, 15) is 34.8 Å². The van der Waals surface area contributed by atoms with Gasteiger partial charge in [0.1, 0.15) is 0 Å². The van der Waals surface area contributed by atoms with Crippen molar-refractivity contribution in [3.8, 4) is 6.07 Å². The molecule has 0 aliphatic heterocycles. The molecule has 0 spiro atoms. The molecule has 0 fully saturated rings. The largest absolute Gasteiger partial charge is 0.441 e. The van der Waals surface area contributed by atoms with Gasteiger partial charge in [0, 0.05) is 5.75 Å². The van der Waals surface area contributed by atoms with Crippen molar-refractivity contribution in [2.75, 3.05) is 5.75 Å². The van der Waals surface area contributed by atoms with Crippen LogP contribution < -0.4 is 0 Å². The van der Waals surface area contributed by atoms with Gasteiger partial charge in [0.15, 0.2) is 14.6 Å². The molecule has 0 radical (unpaired) electrons. The molecular weight excluding hydrogens is 392 g/mol. The molecule has 140 valence electrons. The van der Waals surface area contributed by atoms with Gasteiger partial charge in [-0.25, -0.2) is 8.42 Å². The fraction of sp³-hybridized carbons (Fsp3) is 0.500. The number of nitriles is 1. The van der Waals surface area contributed by atoms with E-state index >= 15 is 0 Å². The third-order valence-electron chi connectivity index (χ3n) is 3.38. The SMILES string of the molecule is CC(C#N)(CCSC(F)(F)F)S(=O)(=O)Cc1cccc(C(F)(F)F)c1. The van der Waals surface area contributed by atoms with Gasteiger partial charge in [0.05, 0.1) is 17.4 Å². The fourth-order valence-corrected chi connectivity index (χ4v) is 4.22. The number of hydrogen-bond acceptors (Lipinski definition) is 4. The van der Waals surface area contributed by atoms with E-state index in [1.165, 1.54) is 6.07 Å². The van der Waals surface area contributed by atoms with Gasteiger partial charge in [-0.15, -0.1) is 0 Å². The Bertz CT molecular complexity index is 752. The van der Waals surface area contributed by atoms with Crippen molar-refractivity contribution in [1.29, 1.82) is 5.26 Å². The zero-order valence-corrected chi connectivity index (χ0v) is 14.4. The summed E-state index contributed by atoms with van der Waals surface area (Å²) in [6, 6.07) is 5.05. The average molecular weight is 405 g/mol. The van der Waals surface area contributed by atoms with Crippen LogP contribution in [0.5, 0.6) is 0 Å². The van der Waals surface area contributed by atoms with Crippen LogP contribution >= 0.6 is 11.8 Å². The number of thioether (sulfide) groups is 1. The Hall–Kier alpha value is -1.41. The Morgan fingerprint density at radius 3 is 2.24 bits per heavy atom. The molecule has 0 saturated heterocycles. The van der Waals surface area contributed by atoms with Crippen LogP contribution in [-0.4, -0.2) is 24.4 Å². The van der Waals surface area contributed by atoms with E-state index in [-0.39, 0.29) is 5.56 Å². The van der Waals surface area contributed by atoms with Crippen LogP contribution in [0.3, 0.4) is 0 Å². The van der Waals surface area contributed by atoms with E-state index in [0.717, 1.165) is 25.1 Å². The predicted molar refractivity (Wildman–Crippen MR) is 81.2 cm³/mol. The van der Waals surface area contributed by atoms with E-state index in [1.54, 1.807) is 0 Å². The van der Waals surface area contributed by atoms with Gasteiger partial charge in [0.25, 0.3) is 0 Å². The minimum absolute atomic E-state index is 0.195. The number of benzene rings is 1. The Balaban J connectivity index is 3.00. The zero-order valence-electron chi connectivity index (χ0n) is 12.8. The van der Waals surface area contributed by atoms with Crippen molar-refractivity contribution >= 4 is 21.6 Å². The molecule has 0 N–H and O–H groups in total. The van der Waals surface area contributed by atoms with E-state index < -0.39 is 61.5 Å². The molecule has 25 heavy (non-hydrogen) atoms. The Kier molecular flexibility index (Phi) is 6.45. The summed E-state index contributed by atoms with van der Waals surface area (Å²) >= 11 is -0.460. The van der Waals surface area contributed by atoms with E-state index in [2.05, 4.69) is 0 Å². The molecular formula is C14H13F6NO2S2. The van der Waals surface area contributed by atoms with Crippen LogP contribution in [0.1, 0.15) is 24.5 Å². The van der Waals surface area contributed by atoms with Gasteiger partial charge in [-0.1, -0.05) is 30.0 Å². The highest BCUT2D eigenvalue weighted by Gasteiger charge is 2.41. The average Bonchev–Trinajstić information content (AvgIpc) is 2.44. The van der Waals surface area contributed by atoms with Crippen LogP contribution in [0.4, 0.5) is 26.3 Å². The standard InChI is InChI=1S/C14H13F6NO2S2/c1-12(9-21,5-6-24-14(18,19)20)25(22,23)8-10-3-2-4-11(7-10)13(15,16)17/h2-4,7H,5-6,8H2,1H3. The van der Waals surface area contributed by atoms with Crippen LogP contribution in [0.15, 0.2) is 24.3 Å². The maximum Gasteiger partial charge on any atom is 0.441 e. The molecule has 1 unspecified atom stereocenters. The molecule has 1 aromatic rings. The molecule has 0 heterocycles. The summed E-state index contributed by atoms with van der Waals surface area (Å²) in [4.78, 5) is 0. The van der Waals surface area contributed by atoms with Gasteiger partial charge in [-0.3, -0.25) is 0 Å². The molecule has 0 aromatic heterocycles. The predicted octanol–water partition coefficient (Wildman–Crippen LogP) is 4.55. The molecule has 1 aromatic carbocycles. The number of alkyl halides is 6. The molecule has 0 amide bonds. The topological polar surface area (TPSA) is 57.9 Å². The Morgan fingerprint density at radius 2 is 1.76 bits per heavy atom. The molecule has 0 saturated carbocycles. The van der Waals surface area contributed by atoms with E-state index in [1.807, 2.05) is 0 Å². The molecule has 11 heteroatoms. The van der Waals surface area contributed by atoms with Gasteiger partial charge in [-0.2, -0.15) is 31.6 Å². The number of rotatable bonds is 6. The van der Waals surface area contributed by atoms with Gasteiger partial charge in [0.2, 0.25) is 0 Å². The quantitative estimate of drug-likeness (QED) is 0.652. The van der Waals surface area contributed by atoms with Gasteiger partial charge >= 0.3 is 11.7 Å². The first kappa shape index (κ1) is 21.6. The summed E-state index contributed by atoms with van der Waals surface area (Å²) < 4.78 is 97.1. The number of nitrogens with zero attached hydrogens (tertiary/aromatic N) is 1. The maximum atomic E-state index is 12.7. The lowest BCUT2D eigenvalue weighted by Gasteiger charge is -2.22. The normalized spacial score (nSPS) is 15.4. The van der Waals surface area contributed by atoms with Crippen molar-refractivity contribution in [3.05, 3.63) is 35.4 Å². The number of sulfone groups is 1. The second kappa shape index (κ2) is 7.45. The van der Waals surface area contributed by atoms with Crippen molar-refractivity contribution in [1.82, 2.24) is 0 Å². The minimum atomic E-state index is -4.67. The molecule has 0 aliphatic rings. The number of hydrogen-bond donors (Lipinski definition) is 0. The van der Waals surface area contributed by atoms with Crippen LogP contribution in [0.25, 0.3) is 0 Å². The molecule has 1 rings (SSSR count). The molecule has 3 nitrogen and oxygen atoms in total. The second-order valence-corrected chi connectivity index (χ2v) is 8.92. The summed E-state index contributed by atoms with van der Waals surface area (Å²) in [7, 11) is -4.31. The number of halogens is 6. The van der Waals surface area contributed by atoms with Gasteiger partial charge < -0.3 is 0 Å². The van der Waals surface area contributed by atoms with Crippen molar-refractivity contribution in [2.24, 2.45) is 0 Å². The minimum Gasteiger partial charge on any atom is -0.227 e. The first-order valence-electron chi connectivity index (χ1n) is 6.70. The van der Waals surface area contributed by atoms with E-state index in [4.69, 9.17) is 5.26 Å². The lowest BCUT2D eigenvalue weighted by Crippen LogP contribution is -2.35. The Labute approximate surface area is 144 Å². The summed E-state index contributed by atoms with van der Waals surface area (Å²) in [5.74, 6) is -1.53. The monoisotopic (exact) mass is 405 g/mol. The smallest absolute Gasteiger partial charge is 0.227 e. The lowest BCUT2D eigenvalue weighted by atomic mass is 10.1. The fourth-order valence-electron chi connectivity index (χ4n) is 1.86. The van der Waals surface area contributed by atoms with Crippen LogP contribution in [0, 0.1) is 11.3 Å². The van der Waals surface area contributed by atoms with Crippen molar-refractivity contribution < 1.29 is 34.8 Å². The zero-order chi connectivity index (χ0) is 19.5. The van der Waals surface area contributed by atoms with Gasteiger partial charge in [-0.05, 0) is 25.0 Å². The van der Waals surface area contributed by atoms with Crippen molar-refractivity contribution in [2.45, 2.75) is 35.5 Å². The molecule has 0 aliphatic carbocycles. The van der Waals surface area contributed by atoms with Crippen LogP contribution in [0.2, 0.25) is 0 Å². The highest BCUT2D eigenvalue weighted by Crippen LogP contribution is 2.35. The second-order valence-electron chi connectivity index (χ2n) is 5.34. The molecule has 0 bridgehead atoms.